The summed E-state index contributed by atoms with van der Waals surface area (Å²) in [6.07, 6.45) is 0. The third-order valence-electron chi connectivity index (χ3n) is 2.03. The Hall–Kier alpha value is -1.81. The van der Waals surface area contributed by atoms with Crippen LogP contribution in [0, 0.1) is 0 Å². The van der Waals surface area contributed by atoms with Crippen LogP contribution in [0.5, 0.6) is 0 Å². The van der Waals surface area contributed by atoms with E-state index in [1.54, 1.807) is 18.2 Å². The Morgan fingerprint density at radius 3 is 2.73 bits per heavy atom. The first kappa shape index (κ1) is 9.73. The number of hydrogen-bond acceptors (Lipinski definition) is 3. The molecule has 0 aliphatic carbocycles. The average Bonchev–Trinajstić information content (AvgIpc) is 2.17. The fourth-order valence-electron chi connectivity index (χ4n) is 1.33. The highest BCUT2D eigenvalue weighted by molar-refractivity contribution is 6.31. The Bertz CT molecular complexity index is 603. The van der Waals surface area contributed by atoms with Crippen LogP contribution >= 0.6 is 11.6 Å². The van der Waals surface area contributed by atoms with Gasteiger partial charge in [-0.05, 0) is 24.3 Å². The zero-order valence-electron chi connectivity index (χ0n) is 7.41. The van der Waals surface area contributed by atoms with Crippen LogP contribution in [0.4, 0.5) is 0 Å². The number of rotatable bonds is 1. The van der Waals surface area contributed by atoms with E-state index in [2.05, 4.69) is 4.98 Å². The highest BCUT2D eigenvalue weighted by atomic mass is 35.5. The van der Waals surface area contributed by atoms with E-state index in [9.17, 15) is 14.7 Å². The maximum Gasteiger partial charge on any atom is 0.257 e. The molecular weight excluding hydrogens is 218 g/mol. The van der Waals surface area contributed by atoms with Gasteiger partial charge in [0.05, 0.1) is 11.5 Å². The molecule has 0 spiro atoms. The van der Waals surface area contributed by atoms with Gasteiger partial charge in [0, 0.05) is 15.9 Å². The van der Waals surface area contributed by atoms with Crippen molar-refractivity contribution in [2.24, 2.45) is 0 Å². The Balaban J connectivity index is 2.83. The van der Waals surface area contributed by atoms with Crippen molar-refractivity contribution in [3.05, 3.63) is 45.2 Å². The summed E-state index contributed by atoms with van der Waals surface area (Å²) in [7, 11) is 0. The smallest absolute Gasteiger partial charge is 0.257 e. The third-order valence-corrected chi connectivity index (χ3v) is 2.26. The minimum absolute atomic E-state index is 0.398. The molecule has 1 aromatic carbocycles. The van der Waals surface area contributed by atoms with E-state index in [1.165, 1.54) is 6.07 Å². The minimum atomic E-state index is -1.50. The Morgan fingerprint density at radius 1 is 1.33 bits per heavy atom. The molecule has 4 nitrogen and oxygen atoms in total. The predicted octanol–water partition coefficient (Wildman–Crippen LogP) is 0.545. The molecule has 76 valence electrons. The topological polar surface area (TPSA) is 73.0 Å². The lowest BCUT2D eigenvalue weighted by atomic mass is 10.1. The zero-order chi connectivity index (χ0) is 11.0. The number of hydrogen-bond donors (Lipinski definition) is 1. The zero-order valence-corrected chi connectivity index (χ0v) is 8.17. The van der Waals surface area contributed by atoms with E-state index in [4.69, 9.17) is 11.6 Å². The number of H-pyrrole nitrogens is 1. The summed E-state index contributed by atoms with van der Waals surface area (Å²) >= 11 is 5.74. The number of nitrogens with one attached hydrogen (secondary N) is 1. The van der Waals surface area contributed by atoms with Gasteiger partial charge in [0.15, 0.2) is 0 Å². The number of aromatic amines is 1. The van der Waals surface area contributed by atoms with Crippen molar-refractivity contribution in [3.8, 4) is 0 Å². The molecule has 0 aliphatic rings. The number of halogens is 1. The SMILES string of the molecule is O=C([O-])c1cc2cc(Cl)ccc2[nH]c1=O. The molecule has 0 saturated heterocycles. The van der Waals surface area contributed by atoms with Gasteiger partial charge in [-0.15, -0.1) is 0 Å². The summed E-state index contributed by atoms with van der Waals surface area (Å²) in [4.78, 5) is 24.3. The van der Waals surface area contributed by atoms with Crippen LogP contribution in [-0.2, 0) is 0 Å². The quantitative estimate of drug-likeness (QED) is 0.766. The number of aromatic carboxylic acids is 1. The molecule has 1 heterocycles. The second kappa shape index (κ2) is 3.40. The van der Waals surface area contributed by atoms with Crippen LogP contribution in [0.1, 0.15) is 10.4 Å². The van der Waals surface area contributed by atoms with Crippen LogP contribution in [-0.4, -0.2) is 11.0 Å². The summed E-state index contributed by atoms with van der Waals surface area (Å²) in [6.45, 7) is 0. The Morgan fingerprint density at radius 2 is 2.07 bits per heavy atom. The lowest BCUT2D eigenvalue weighted by Crippen LogP contribution is -2.29. The molecule has 0 atom stereocenters. The van der Waals surface area contributed by atoms with Gasteiger partial charge in [-0.1, -0.05) is 11.6 Å². The molecule has 2 rings (SSSR count). The molecule has 1 aromatic heterocycles. The summed E-state index contributed by atoms with van der Waals surface area (Å²) in [5.74, 6) is -1.50. The normalized spacial score (nSPS) is 10.5. The van der Waals surface area contributed by atoms with Crippen molar-refractivity contribution in [1.82, 2.24) is 4.98 Å². The standard InChI is InChI=1S/C10H6ClNO3/c11-6-1-2-8-5(3-6)4-7(10(14)15)9(13)12-8/h1-4H,(H,12,13)(H,14,15)/p-1. The number of benzene rings is 1. The van der Waals surface area contributed by atoms with Crippen molar-refractivity contribution in [2.45, 2.75) is 0 Å². The number of aromatic nitrogens is 1. The largest absolute Gasteiger partial charge is 0.545 e. The lowest BCUT2D eigenvalue weighted by Gasteiger charge is -2.03. The molecule has 0 fully saturated rings. The van der Waals surface area contributed by atoms with Crippen LogP contribution in [0.25, 0.3) is 10.9 Å². The van der Waals surface area contributed by atoms with Crippen LogP contribution < -0.4 is 10.7 Å². The molecule has 1 N–H and O–H groups in total. The maximum atomic E-state index is 11.3. The Kier molecular flexibility index (Phi) is 2.21. The number of carbonyl (C=O) groups is 1. The van der Waals surface area contributed by atoms with Gasteiger partial charge < -0.3 is 14.9 Å². The van der Waals surface area contributed by atoms with E-state index < -0.39 is 17.1 Å². The van der Waals surface area contributed by atoms with Crippen LogP contribution in [0.15, 0.2) is 29.1 Å². The van der Waals surface area contributed by atoms with Crippen molar-refractivity contribution in [3.63, 3.8) is 0 Å². The third kappa shape index (κ3) is 1.71. The van der Waals surface area contributed by atoms with E-state index in [0.29, 0.717) is 15.9 Å². The van der Waals surface area contributed by atoms with Crippen LogP contribution in [0.2, 0.25) is 5.02 Å². The second-order valence-corrected chi connectivity index (χ2v) is 3.47. The monoisotopic (exact) mass is 222 g/mol. The predicted molar refractivity (Wildman–Crippen MR) is 53.9 cm³/mol. The highest BCUT2D eigenvalue weighted by Gasteiger charge is 2.03. The molecule has 0 amide bonds. The van der Waals surface area contributed by atoms with Gasteiger partial charge in [0.2, 0.25) is 0 Å². The fourth-order valence-corrected chi connectivity index (χ4v) is 1.51. The van der Waals surface area contributed by atoms with Gasteiger partial charge in [-0.3, -0.25) is 4.79 Å². The van der Waals surface area contributed by atoms with Crippen LogP contribution in [0.3, 0.4) is 0 Å². The summed E-state index contributed by atoms with van der Waals surface area (Å²) in [6, 6.07) is 6.03. The highest BCUT2D eigenvalue weighted by Crippen LogP contribution is 2.16. The second-order valence-electron chi connectivity index (χ2n) is 3.03. The van der Waals surface area contributed by atoms with E-state index in [1.807, 2.05) is 0 Å². The molecule has 0 unspecified atom stereocenters. The lowest BCUT2D eigenvalue weighted by molar-refractivity contribution is -0.255. The van der Waals surface area contributed by atoms with Gasteiger partial charge >= 0.3 is 0 Å². The van der Waals surface area contributed by atoms with Crippen molar-refractivity contribution in [1.29, 1.82) is 0 Å². The average molecular weight is 223 g/mol. The number of carboxylic acids is 1. The summed E-state index contributed by atoms with van der Waals surface area (Å²) in [5, 5.41) is 11.6. The van der Waals surface area contributed by atoms with Gasteiger partial charge in [-0.25, -0.2) is 0 Å². The van der Waals surface area contributed by atoms with E-state index >= 15 is 0 Å². The van der Waals surface area contributed by atoms with Crippen molar-refractivity contribution < 1.29 is 9.90 Å². The van der Waals surface area contributed by atoms with E-state index in [-0.39, 0.29) is 0 Å². The Labute approximate surface area is 89.1 Å². The first-order chi connectivity index (χ1) is 7.08. The fraction of sp³-hybridized carbons (Fsp3) is 0. The number of pyridine rings is 1. The minimum Gasteiger partial charge on any atom is -0.545 e. The summed E-state index contributed by atoms with van der Waals surface area (Å²) in [5.41, 5.74) is -0.538. The maximum absolute atomic E-state index is 11.3. The summed E-state index contributed by atoms with van der Waals surface area (Å²) < 4.78 is 0. The molecular formula is C10H5ClNO3-. The van der Waals surface area contributed by atoms with Gasteiger partial charge in [-0.2, -0.15) is 0 Å². The number of carbonyl (C=O) groups excluding carboxylic acids is 1. The number of fused-ring (bicyclic) bond motifs is 1. The molecule has 0 aliphatic heterocycles. The van der Waals surface area contributed by atoms with Gasteiger partial charge in [0.25, 0.3) is 5.56 Å². The number of carboxylic acid groups (broad SMARTS) is 1. The molecule has 2 aromatic rings. The molecule has 0 bridgehead atoms. The molecule has 5 heteroatoms. The molecule has 0 radical (unpaired) electrons. The van der Waals surface area contributed by atoms with E-state index in [0.717, 1.165) is 0 Å². The molecule has 15 heavy (non-hydrogen) atoms. The first-order valence-corrected chi connectivity index (χ1v) is 4.49. The van der Waals surface area contributed by atoms with Crippen molar-refractivity contribution in [2.75, 3.05) is 0 Å². The molecule has 0 saturated carbocycles. The first-order valence-electron chi connectivity index (χ1n) is 4.12. The van der Waals surface area contributed by atoms with Gasteiger partial charge in [0.1, 0.15) is 0 Å². The van der Waals surface area contributed by atoms with Crippen molar-refractivity contribution >= 4 is 28.5 Å².